The van der Waals surface area contributed by atoms with E-state index >= 15 is 0 Å². The summed E-state index contributed by atoms with van der Waals surface area (Å²) in [5.41, 5.74) is 13.1. The lowest BCUT2D eigenvalue weighted by Gasteiger charge is -2.04. The average Bonchev–Trinajstić information content (AvgIpc) is 2.81. The first-order valence-corrected chi connectivity index (χ1v) is 10.1. The normalized spacial score (nSPS) is 8.84. The Bertz CT molecular complexity index is 989. The monoisotopic (exact) mass is 470 g/mol. The van der Waals surface area contributed by atoms with E-state index in [1.54, 1.807) is 33.5 Å². The Morgan fingerprint density at radius 2 is 1.19 bits per heavy atom. The minimum Gasteiger partial charge on any atom is -0.497 e. The quantitative estimate of drug-likeness (QED) is 0.270. The molecule has 0 aliphatic heterocycles. The van der Waals surface area contributed by atoms with Gasteiger partial charge in [-0.25, -0.2) is 0 Å². The second-order valence-electron chi connectivity index (χ2n) is 5.89. The molecule has 3 aromatic carbocycles. The summed E-state index contributed by atoms with van der Waals surface area (Å²) in [4.78, 5) is 3.79. The minimum atomic E-state index is 0.264. The molecule has 0 aliphatic carbocycles. The molecule has 0 aromatic heterocycles. The molecule has 0 radical (unpaired) electrons. The highest BCUT2D eigenvalue weighted by molar-refractivity contribution is 7.80. The number of anilines is 2. The topological polar surface area (TPSA) is 104 Å². The van der Waals surface area contributed by atoms with Gasteiger partial charge in [0.25, 0.3) is 0 Å². The Kier molecular flexibility index (Phi) is 12.5. The van der Waals surface area contributed by atoms with Crippen LogP contribution in [0.4, 0.5) is 17.1 Å². The number of rotatable bonds is 5. The van der Waals surface area contributed by atoms with Gasteiger partial charge in [0.15, 0.2) is 5.11 Å². The number of isothiocyanates is 1. The fourth-order valence-electron chi connectivity index (χ4n) is 2.13. The van der Waals surface area contributed by atoms with Crippen molar-refractivity contribution in [3.05, 3.63) is 72.8 Å². The minimum absolute atomic E-state index is 0.264. The summed E-state index contributed by atoms with van der Waals surface area (Å²) in [7, 11) is 4.87. The summed E-state index contributed by atoms with van der Waals surface area (Å²) < 4.78 is 14.9. The van der Waals surface area contributed by atoms with Gasteiger partial charge >= 0.3 is 0 Å². The highest BCUT2D eigenvalue weighted by atomic mass is 32.1. The van der Waals surface area contributed by atoms with Crippen molar-refractivity contribution in [1.82, 2.24) is 0 Å². The van der Waals surface area contributed by atoms with Crippen molar-refractivity contribution in [3.8, 4) is 17.2 Å². The van der Waals surface area contributed by atoms with Crippen LogP contribution in [-0.2, 0) is 0 Å². The van der Waals surface area contributed by atoms with Crippen molar-refractivity contribution in [2.45, 2.75) is 0 Å². The van der Waals surface area contributed by atoms with E-state index in [9.17, 15) is 0 Å². The molecule has 0 saturated carbocycles. The lowest BCUT2D eigenvalue weighted by atomic mass is 10.3. The van der Waals surface area contributed by atoms with E-state index < -0.39 is 0 Å². The Balaban J connectivity index is 0.000000242. The van der Waals surface area contributed by atoms with Crippen LogP contribution in [0.25, 0.3) is 0 Å². The number of ether oxygens (including phenoxy) is 3. The fourth-order valence-corrected chi connectivity index (χ4v) is 2.35. The van der Waals surface area contributed by atoms with Crippen LogP contribution in [0.15, 0.2) is 77.8 Å². The molecule has 7 nitrogen and oxygen atoms in total. The first kappa shape index (κ1) is 26.4. The van der Waals surface area contributed by atoms with Gasteiger partial charge in [0.2, 0.25) is 0 Å². The van der Waals surface area contributed by atoms with Crippen LogP contribution in [0.3, 0.4) is 0 Å². The lowest BCUT2D eigenvalue weighted by Crippen LogP contribution is -2.18. The van der Waals surface area contributed by atoms with Crippen LogP contribution in [0.1, 0.15) is 0 Å². The molecule has 0 amide bonds. The SMILES string of the molecule is COc1ccc(N)cc1.COc1ccc(N=C=S)cc1.COc1ccc(NC(N)=S)cc1. The molecule has 0 aliphatic rings. The van der Waals surface area contributed by atoms with Crippen molar-refractivity contribution in [1.29, 1.82) is 0 Å². The van der Waals surface area contributed by atoms with Crippen LogP contribution >= 0.6 is 24.4 Å². The van der Waals surface area contributed by atoms with Gasteiger partial charge in [0, 0.05) is 11.4 Å². The van der Waals surface area contributed by atoms with Crippen LogP contribution in [-0.4, -0.2) is 31.6 Å². The molecule has 0 atom stereocenters. The Morgan fingerprint density at radius 1 is 0.781 bits per heavy atom. The van der Waals surface area contributed by atoms with Crippen molar-refractivity contribution < 1.29 is 14.2 Å². The summed E-state index contributed by atoms with van der Waals surface area (Å²) in [6.45, 7) is 0. The third-order valence-corrected chi connectivity index (χ3v) is 3.91. The van der Waals surface area contributed by atoms with Crippen LogP contribution in [0.2, 0.25) is 0 Å². The van der Waals surface area contributed by atoms with Crippen LogP contribution in [0.5, 0.6) is 17.2 Å². The molecule has 168 valence electrons. The summed E-state index contributed by atoms with van der Waals surface area (Å²) in [5, 5.41) is 5.36. The molecule has 0 saturated heterocycles. The van der Waals surface area contributed by atoms with Crippen molar-refractivity contribution in [2.75, 3.05) is 32.4 Å². The predicted octanol–water partition coefficient (Wildman–Crippen LogP) is 5.06. The van der Waals surface area contributed by atoms with Gasteiger partial charge in [-0.1, -0.05) is 0 Å². The maximum absolute atomic E-state index is 5.43. The third-order valence-electron chi connectivity index (χ3n) is 3.72. The number of nitrogens with zero attached hydrogens (tertiary/aromatic N) is 1. The first-order valence-electron chi connectivity index (χ1n) is 9.23. The molecule has 0 bridgehead atoms. The lowest BCUT2D eigenvalue weighted by molar-refractivity contribution is 0.415. The summed E-state index contributed by atoms with van der Waals surface area (Å²) >= 11 is 9.12. The summed E-state index contributed by atoms with van der Waals surface area (Å²) in [5.74, 6) is 2.46. The van der Waals surface area contributed by atoms with E-state index in [4.69, 9.17) is 25.7 Å². The zero-order chi connectivity index (χ0) is 23.8. The first-order chi connectivity index (χ1) is 15.4. The van der Waals surface area contributed by atoms with Crippen molar-refractivity contribution >= 4 is 51.8 Å². The molecule has 0 unspecified atom stereocenters. The number of methoxy groups -OCH3 is 3. The number of hydrogen-bond acceptors (Lipinski definition) is 7. The number of nitrogens with one attached hydrogen (secondary N) is 1. The molecule has 3 aromatic rings. The highest BCUT2D eigenvalue weighted by Crippen LogP contribution is 2.17. The van der Waals surface area contributed by atoms with Crippen molar-refractivity contribution in [2.24, 2.45) is 10.7 Å². The molecular formula is C23H26N4O3S2. The van der Waals surface area contributed by atoms with E-state index in [1.807, 2.05) is 60.7 Å². The zero-order valence-corrected chi connectivity index (χ0v) is 19.7. The number of nitrogen functional groups attached to an aromatic ring is 1. The summed E-state index contributed by atoms with van der Waals surface area (Å²) in [6.07, 6.45) is 0. The Hall–Kier alpha value is -3.65. The smallest absolute Gasteiger partial charge is 0.168 e. The maximum atomic E-state index is 5.43. The molecule has 0 spiro atoms. The van der Waals surface area contributed by atoms with Crippen molar-refractivity contribution in [3.63, 3.8) is 0 Å². The molecule has 3 rings (SSSR count). The molecule has 5 N–H and O–H groups in total. The van der Waals surface area contributed by atoms with E-state index in [2.05, 4.69) is 39.9 Å². The van der Waals surface area contributed by atoms with Gasteiger partial charge in [0.05, 0.1) is 32.2 Å². The highest BCUT2D eigenvalue weighted by Gasteiger charge is 1.93. The standard InChI is InChI=1S/C8H10N2OS.C8H7NOS.C7H9NO/c1-11-7-4-2-6(3-5-7)10-8(9)12;1-10-8-4-2-7(3-5-8)9-6-11;1-9-7-4-2-6(8)3-5-7/h2-5H,1H3,(H3,9,10,12);2-5H,1H3;2-5H,8H2,1H3. The third kappa shape index (κ3) is 10.9. The van der Waals surface area contributed by atoms with Gasteiger partial charge < -0.3 is 31.0 Å². The molecule has 32 heavy (non-hydrogen) atoms. The van der Waals surface area contributed by atoms with Gasteiger partial charge in [-0.15, -0.1) is 0 Å². The van der Waals surface area contributed by atoms with E-state index in [0.717, 1.165) is 34.3 Å². The van der Waals surface area contributed by atoms with Crippen LogP contribution in [0, 0.1) is 0 Å². The number of thiocarbonyl (C=S) groups is 2. The molecule has 9 heteroatoms. The van der Waals surface area contributed by atoms with E-state index in [0.29, 0.717) is 0 Å². The Labute approximate surface area is 199 Å². The number of nitrogens with two attached hydrogens (primary N) is 2. The number of aliphatic imine (C=N–C) groups is 1. The van der Waals surface area contributed by atoms with Gasteiger partial charge in [-0.3, -0.25) is 0 Å². The average molecular weight is 471 g/mol. The molecule has 0 fully saturated rings. The zero-order valence-electron chi connectivity index (χ0n) is 18.1. The van der Waals surface area contributed by atoms with Crippen LogP contribution < -0.4 is 31.0 Å². The predicted molar refractivity (Wildman–Crippen MR) is 138 cm³/mol. The second-order valence-corrected chi connectivity index (χ2v) is 6.51. The maximum Gasteiger partial charge on any atom is 0.168 e. The Morgan fingerprint density at radius 3 is 1.56 bits per heavy atom. The molecular weight excluding hydrogens is 444 g/mol. The van der Waals surface area contributed by atoms with Gasteiger partial charge in [0.1, 0.15) is 17.2 Å². The summed E-state index contributed by atoms with van der Waals surface area (Å²) in [6, 6.07) is 21.9. The van der Waals surface area contributed by atoms with Gasteiger partial charge in [-0.05, 0) is 97.2 Å². The number of hydrogen-bond donors (Lipinski definition) is 3. The van der Waals surface area contributed by atoms with E-state index in [1.165, 1.54) is 0 Å². The number of benzene rings is 3. The molecule has 0 heterocycles. The second kappa shape index (κ2) is 15.2. The largest absolute Gasteiger partial charge is 0.497 e. The van der Waals surface area contributed by atoms with E-state index in [-0.39, 0.29) is 5.11 Å². The fraction of sp³-hybridized carbons (Fsp3) is 0.130. The van der Waals surface area contributed by atoms with Gasteiger partial charge in [-0.2, -0.15) is 4.99 Å².